The van der Waals surface area contributed by atoms with Crippen LogP contribution in [0, 0.1) is 0 Å². The van der Waals surface area contributed by atoms with Crippen LogP contribution in [-0.2, 0) is 11.8 Å². The molecule has 0 saturated carbocycles. The molecule has 0 bridgehead atoms. The molecule has 2 aromatic heterocycles. The molecule has 2 aliphatic rings. The van der Waals surface area contributed by atoms with Gasteiger partial charge in [-0.2, -0.15) is 9.97 Å². The van der Waals surface area contributed by atoms with Crippen LogP contribution in [0.1, 0.15) is 25.8 Å². The molecule has 2 fully saturated rings. The summed E-state index contributed by atoms with van der Waals surface area (Å²) in [7, 11) is 3.52. The average molecular weight is 400 g/mol. The van der Waals surface area contributed by atoms with Gasteiger partial charge in [0.1, 0.15) is 12.3 Å². The maximum absolute atomic E-state index is 14.3. The number of nitrogens with zero attached hydrogens (tertiary/aromatic N) is 5. The molecule has 2 saturated heterocycles. The second kappa shape index (κ2) is 7.03. The SMILES string of the molecule is C[C@H](Oc1nc(Cl)nc2c1n(C)c(=O)n2[C@@H]1CCOC1)[C@@H]1[C@@H](F)CCN1C. The lowest BCUT2D eigenvalue weighted by Gasteiger charge is -2.27. The lowest BCUT2D eigenvalue weighted by Crippen LogP contribution is -2.43. The normalized spacial score (nSPS) is 27.5. The molecule has 4 atom stereocenters. The number of halogens is 2. The van der Waals surface area contributed by atoms with Crippen molar-refractivity contribution in [1.29, 1.82) is 0 Å². The summed E-state index contributed by atoms with van der Waals surface area (Å²) in [6, 6.07) is -0.482. The van der Waals surface area contributed by atoms with Gasteiger partial charge >= 0.3 is 5.69 Å². The Morgan fingerprint density at radius 1 is 1.33 bits per heavy atom. The van der Waals surface area contributed by atoms with Crippen LogP contribution in [-0.4, -0.2) is 69.1 Å². The predicted molar refractivity (Wildman–Crippen MR) is 98.3 cm³/mol. The summed E-state index contributed by atoms with van der Waals surface area (Å²) in [6.07, 6.45) is -0.230. The number of likely N-dealkylation sites (tertiary alicyclic amines) is 1. The number of likely N-dealkylation sites (N-methyl/N-ethyl adjacent to an activating group) is 1. The fraction of sp³-hybridized carbons (Fsp3) is 0.706. The molecule has 8 nitrogen and oxygen atoms in total. The number of imidazole rings is 1. The van der Waals surface area contributed by atoms with Crippen molar-refractivity contribution in [3.8, 4) is 5.88 Å². The van der Waals surface area contributed by atoms with Gasteiger partial charge in [-0.25, -0.2) is 9.18 Å². The van der Waals surface area contributed by atoms with E-state index in [-0.39, 0.29) is 28.9 Å². The van der Waals surface area contributed by atoms with E-state index < -0.39 is 12.3 Å². The van der Waals surface area contributed by atoms with E-state index in [0.29, 0.717) is 37.3 Å². The standard InChI is InChI=1S/C17H23ClFN5O3/c1-9(12-11(19)4-6-22(12)2)27-15-13-14(20-16(18)21-15)24(17(25)23(13)3)10-5-7-26-8-10/h9-12H,4-8H2,1-3H3/t9-,10+,11-,12+/m0/s1. The molecule has 0 aromatic carbocycles. The number of hydrogen-bond acceptors (Lipinski definition) is 6. The molecular formula is C17H23ClFN5O3. The zero-order valence-electron chi connectivity index (χ0n) is 15.6. The molecule has 148 valence electrons. The Kier molecular flexibility index (Phi) is 4.85. The molecule has 0 aliphatic carbocycles. The van der Waals surface area contributed by atoms with Crippen LogP contribution < -0.4 is 10.4 Å². The molecule has 0 N–H and O–H groups in total. The third-order valence-corrected chi connectivity index (χ3v) is 5.72. The van der Waals surface area contributed by atoms with Crippen LogP contribution in [0.5, 0.6) is 5.88 Å². The highest BCUT2D eigenvalue weighted by atomic mass is 35.5. The molecule has 0 amide bonds. The van der Waals surface area contributed by atoms with E-state index in [9.17, 15) is 9.18 Å². The van der Waals surface area contributed by atoms with Gasteiger partial charge in [0.05, 0.1) is 18.7 Å². The van der Waals surface area contributed by atoms with Crippen LogP contribution in [0.3, 0.4) is 0 Å². The number of aryl methyl sites for hydroxylation is 1. The first-order chi connectivity index (χ1) is 12.9. The van der Waals surface area contributed by atoms with Crippen molar-refractivity contribution in [1.82, 2.24) is 24.0 Å². The number of hydrogen-bond donors (Lipinski definition) is 0. The molecule has 4 rings (SSSR count). The zero-order valence-corrected chi connectivity index (χ0v) is 16.3. The van der Waals surface area contributed by atoms with E-state index in [4.69, 9.17) is 21.1 Å². The number of fused-ring (bicyclic) bond motifs is 1. The second-order valence-electron chi connectivity index (χ2n) is 7.30. The molecular weight excluding hydrogens is 377 g/mol. The predicted octanol–water partition coefficient (Wildman–Crippen LogP) is 1.55. The maximum Gasteiger partial charge on any atom is 0.330 e. The van der Waals surface area contributed by atoms with E-state index in [2.05, 4.69) is 9.97 Å². The largest absolute Gasteiger partial charge is 0.471 e. The Bertz CT molecular complexity index is 900. The Balaban J connectivity index is 1.77. The minimum absolute atomic E-state index is 0.0143. The summed E-state index contributed by atoms with van der Waals surface area (Å²) in [4.78, 5) is 23.2. The smallest absolute Gasteiger partial charge is 0.330 e. The first kappa shape index (κ1) is 18.6. The first-order valence-corrected chi connectivity index (χ1v) is 9.49. The molecule has 0 spiro atoms. The van der Waals surface area contributed by atoms with Crippen LogP contribution >= 0.6 is 11.6 Å². The third kappa shape index (κ3) is 3.11. The Morgan fingerprint density at radius 2 is 2.11 bits per heavy atom. The van der Waals surface area contributed by atoms with Crippen molar-refractivity contribution in [2.45, 2.75) is 44.1 Å². The highest BCUT2D eigenvalue weighted by Gasteiger charge is 2.38. The van der Waals surface area contributed by atoms with Crippen molar-refractivity contribution in [3.05, 3.63) is 15.8 Å². The van der Waals surface area contributed by atoms with Crippen molar-refractivity contribution >= 4 is 22.8 Å². The van der Waals surface area contributed by atoms with E-state index >= 15 is 0 Å². The number of rotatable bonds is 4. The second-order valence-corrected chi connectivity index (χ2v) is 7.64. The third-order valence-electron chi connectivity index (χ3n) is 5.55. The van der Waals surface area contributed by atoms with Gasteiger partial charge in [-0.05, 0) is 38.4 Å². The highest BCUT2D eigenvalue weighted by molar-refractivity contribution is 6.28. The van der Waals surface area contributed by atoms with Crippen molar-refractivity contribution in [2.75, 3.05) is 26.8 Å². The minimum Gasteiger partial charge on any atom is -0.471 e. The fourth-order valence-corrected chi connectivity index (χ4v) is 4.32. The Morgan fingerprint density at radius 3 is 2.74 bits per heavy atom. The monoisotopic (exact) mass is 399 g/mol. The summed E-state index contributed by atoms with van der Waals surface area (Å²) < 4.78 is 28.8. The zero-order chi connectivity index (χ0) is 19.3. The molecule has 0 radical (unpaired) electrons. The van der Waals surface area contributed by atoms with Gasteiger partial charge in [0.2, 0.25) is 11.2 Å². The highest BCUT2D eigenvalue weighted by Crippen LogP contribution is 2.30. The van der Waals surface area contributed by atoms with E-state index in [1.54, 1.807) is 18.5 Å². The van der Waals surface area contributed by atoms with Gasteiger partial charge in [-0.15, -0.1) is 0 Å². The summed E-state index contributed by atoms with van der Waals surface area (Å²) in [5.41, 5.74) is 0.645. The van der Waals surface area contributed by atoms with Crippen molar-refractivity contribution in [2.24, 2.45) is 7.05 Å². The van der Waals surface area contributed by atoms with E-state index in [1.807, 2.05) is 11.9 Å². The van der Waals surface area contributed by atoms with Crippen LogP contribution in [0.4, 0.5) is 4.39 Å². The van der Waals surface area contributed by atoms with Gasteiger partial charge in [0, 0.05) is 20.2 Å². The molecule has 4 heterocycles. The van der Waals surface area contributed by atoms with Gasteiger partial charge in [-0.1, -0.05) is 0 Å². The summed E-state index contributed by atoms with van der Waals surface area (Å²) in [5.74, 6) is 0.197. The average Bonchev–Trinajstić information content (AvgIpc) is 3.29. The molecule has 27 heavy (non-hydrogen) atoms. The lowest BCUT2D eigenvalue weighted by atomic mass is 10.1. The van der Waals surface area contributed by atoms with Crippen LogP contribution in [0.25, 0.3) is 11.2 Å². The van der Waals surface area contributed by atoms with Gasteiger partial charge in [-0.3, -0.25) is 14.0 Å². The molecule has 0 unspecified atom stereocenters. The lowest BCUT2D eigenvalue weighted by molar-refractivity contribution is 0.0819. The molecule has 2 aromatic rings. The van der Waals surface area contributed by atoms with Gasteiger partial charge in [0.15, 0.2) is 11.2 Å². The van der Waals surface area contributed by atoms with E-state index in [1.165, 1.54) is 4.57 Å². The minimum atomic E-state index is -0.971. The van der Waals surface area contributed by atoms with E-state index in [0.717, 1.165) is 6.42 Å². The Hall–Kier alpha value is -1.71. The topological polar surface area (TPSA) is 74.4 Å². The van der Waals surface area contributed by atoms with Crippen LogP contribution in [0.2, 0.25) is 5.28 Å². The summed E-state index contributed by atoms with van der Waals surface area (Å²) in [6.45, 7) is 3.53. The number of alkyl halides is 1. The number of ether oxygens (including phenoxy) is 2. The van der Waals surface area contributed by atoms with Crippen molar-refractivity contribution < 1.29 is 13.9 Å². The number of aromatic nitrogens is 4. The molecule has 2 aliphatic heterocycles. The quantitative estimate of drug-likeness (QED) is 0.726. The van der Waals surface area contributed by atoms with Crippen LogP contribution in [0.15, 0.2) is 4.79 Å². The fourth-order valence-electron chi connectivity index (χ4n) is 4.17. The van der Waals surface area contributed by atoms with Crippen molar-refractivity contribution in [3.63, 3.8) is 0 Å². The van der Waals surface area contributed by atoms with Gasteiger partial charge < -0.3 is 9.47 Å². The molecule has 10 heteroatoms. The first-order valence-electron chi connectivity index (χ1n) is 9.11. The Labute approximate surface area is 160 Å². The summed E-state index contributed by atoms with van der Waals surface area (Å²) >= 11 is 6.12. The summed E-state index contributed by atoms with van der Waals surface area (Å²) in [5, 5.41) is -0.0143. The van der Waals surface area contributed by atoms with Gasteiger partial charge in [0.25, 0.3) is 0 Å². The maximum atomic E-state index is 14.3.